The third-order valence-corrected chi connectivity index (χ3v) is 8.52. The summed E-state index contributed by atoms with van der Waals surface area (Å²) >= 11 is 0. The Balaban J connectivity index is 1.36. The second kappa shape index (κ2) is 8.34. The molecule has 0 radical (unpaired) electrons. The number of hydrogen-bond acceptors (Lipinski definition) is 2. The molecule has 39 heavy (non-hydrogen) atoms. The molecule has 0 spiro atoms. The van der Waals surface area contributed by atoms with Gasteiger partial charge in [-0.05, 0) is 98.8 Å². The van der Waals surface area contributed by atoms with Gasteiger partial charge in [0.05, 0.1) is 11.0 Å². The molecule has 0 bridgehead atoms. The summed E-state index contributed by atoms with van der Waals surface area (Å²) in [5, 5.41) is 4.70. The molecule has 184 valence electrons. The number of aryl methyl sites for hydroxylation is 2. The average molecular weight is 499 g/mol. The zero-order valence-electron chi connectivity index (χ0n) is 22.0. The van der Waals surface area contributed by atoms with Crippen LogP contribution in [0.4, 0.5) is 0 Å². The van der Waals surface area contributed by atoms with Crippen molar-refractivity contribution < 1.29 is 0 Å². The Morgan fingerprint density at radius 1 is 0.462 bits per heavy atom. The van der Waals surface area contributed by atoms with Crippen molar-refractivity contribution >= 4 is 32.6 Å². The maximum Gasteiger partial charge on any atom is 0.0971 e. The van der Waals surface area contributed by atoms with E-state index in [4.69, 9.17) is 4.98 Å². The Morgan fingerprint density at radius 3 is 1.90 bits per heavy atom. The number of fused-ring (bicyclic) bond motifs is 9. The predicted molar refractivity (Wildman–Crippen MR) is 163 cm³/mol. The van der Waals surface area contributed by atoms with Crippen LogP contribution in [0.5, 0.6) is 0 Å². The fourth-order valence-electron chi connectivity index (χ4n) is 6.60. The number of aromatic nitrogens is 2. The van der Waals surface area contributed by atoms with Gasteiger partial charge in [0, 0.05) is 23.2 Å². The normalized spacial score (nSPS) is 12.3. The number of benzene rings is 6. The number of hydrogen-bond donors (Lipinski definition) is 0. The van der Waals surface area contributed by atoms with E-state index in [1.165, 1.54) is 66.4 Å². The molecule has 0 atom stereocenters. The fourth-order valence-corrected chi connectivity index (χ4v) is 6.60. The second-order valence-corrected chi connectivity index (χ2v) is 10.7. The number of rotatable bonds is 2. The third-order valence-electron chi connectivity index (χ3n) is 8.52. The molecule has 1 aliphatic carbocycles. The highest BCUT2D eigenvalue weighted by Crippen LogP contribution is 2.44. The molecule has 2 nitrogen and oxygen atoms in total. The van der Waals surface area contributed by atoms with Crippen LogP contribution < -0.4 is 0 Å². The Kier molecular flexibility index (Phi) is 4.75. The molecule has 0 unspecified atom stereocenters. The lowest BCUT2D eigenvalue weighted by molar-refractivity contribution is 1.19. The minimum Gasteiger partial charge on any atom is -0.252 e. The van der Waals surface area contributed by atoms with Crippen molar-refractivity contribution in [2.45, 2.75) is 20.3 Å². The molecule has 8 rings (SSSR count). The van der Waals surface area contributed by atoms with Crippen LogP contribution in [-0.2, 0) is 6.42 Å². The van der Waals surface area contributed by atoms with Crippen molar-refractivity contribution in [2.75, 3.05) is 0 Å². The highest BCUT2D eigenvalue weighted by molar-refractivity contribution is 6.23. The molecule has 0 N–H and O–H groups in total. The van der Waals surface area contributed by atoms with Crippen LogP contribution in [0.3, 0.4) is 0 Å². The summed E-state index contributed by atoms with van der Waals surface area (Å²) in [5.41, 5.74) is 15.3. The summed E-state index contributed by atoms with van der Waals surface area (Å²) in [6.45, 7) is 4.49. The molecular formula is C37H26N2. The van der Waals surface area contributed by atoms with Crippen molar-refractivity contribution in [3.8, 4) is 33.4 Å². The van der Waals surface area contributed by atoms with Crippen LogP contribution in [0, 0.1) is 13.8 Å². The zero-order valence-corrected chi connectivity index (χ0v) is 22.0. The molecule has 1 heterocycles. The van der Waals surface area contributed by atoms with Crippen LogP contribution >= 0.6 is 0 Å². The fraction of sp³-hybridized carbons (Fsp3) is 0.0811. The highest BCUT2D eigenvalue weighted by atomic mass is 14.8. The summed E-state index contributed by atoms with van der Waals surface area (Å²) in [6, 6.07) is 35.6. The monoisotopic (exact) mass is 498 g/mol. The van der Waals surface area contributed by atoms with Gasteiger partial charge in [-0.3, -0.25) is 9.97 Å². The lowest BCUT2D eigenvalue weighted by atomic mass is 9.89. The lowest BCUT2D eigenvalue weighted by Gasteiger charge is -2.15. The molecule has 0 fully saturated rings. The van der Waals surface area contributed by atoms with Gasteiger partial charge in [0.1, 0.15) is 0 Å². The van der Waals surface area contributed by atoms with Crippen molar-refractivity contribution in [3.63, 3.8) is 0 Å². The van der Waals surface area contributed by atoms with Crippen LogP contribution in [-0.4, -0.2) is 9.97 Å². The first-order valence-corrected chi connectivity index (χ1v) is 13.5. The van der Waals surface area contributed by atoms with Gasteiger partial charge in [0.25, 0.3) is 0 Å². The molecular weight excluding hydrogens is 472 g/mol. The molecule has 7 aromatic rings. The van der Waals surface area contributed by atoms with Crippen LogP contribution in [0.25, 0.3) is 66.0 Å². The molecule has 0 amide bonds. The molecule has 0 aliphatic heterocycles. The van der Waals surface area contributed by atoms with Gasteiger partial charge in [-0.15, -0.1) is 0 Å². The van der Waals surface area contributed by atoms with Gasteiger partial charge in [-0.25, -0.2) is 0 Å². The van der Waals surface area contributed by atoms with E-state index >= 15 is 0 Å². The van der Waals surface area contributed by atoms with Gasteiger partial charge in [-0.2, -0.15) is 0 Å². The van der Waals surface area contributed by atoms with Gasteiger partial charge < -0.3 is 0 Å². The van der Waals surface area contributed by atoms with E-state index in [1.54, 1.807) is 12.4 Å². The van der Waals surface area contributed by atoms with E-state index < -0.39 is 0 Å². The predicted octanol–water partition coefficient (Wildman–Crippen LogP) is 9.46. The van der Waals surface area contributed by atoms with Crippen molar-refractivity contribution in [2.24, 2.45) is 0 Å². The summed E-state index contributed by atoms with van der Waals surface area (Å²) in [5.74, 6) is 0. The molecule has 1 aromatic heterocycles. The zero-order chi connectivity index (χ0) is 26.1. The molecule has 0 saturated carbocycles. The summed E-state index contributed by atoms with van der Waals surface area (Å²) in [6.07, 6.45) is 4.60. The maximum absolute atomic E-state index is 4.73. The van der Waals surface area contributed by atoms with E-state index in [2.05, 4.69) is 116 Å². The van der Waals surface area contributed by atoms with Crippen LogP contribution in [0.1, 0.15) is 22.3 Å². The Morgan fingerprint density at radius 2 is 1.10 bits per heavy atom. The van der Waals surface area contributed by atoms with E-state index in [0.717, 1.165) is 28.2 Å². The minimum atomic E-state index is 0.953. The van der Waals surface area contributed by atoms with Gasteiger partial charge in [0.2, 0.25) is 0 Å². The summed E-state index contributed by atoms with van der Waals surface area (Å²) < 4.78 is 0. The molecule has 0 saturated heterocycles. The minimum absolute atomic E-state index is 0.953. The van der Waals surface area contributed by atoms with Crippen molar-refractivity contribution in [1.29, 1.82) is 0 Å². The van der Waals surface area contributed by atoms with Crippen LogP contribution in [0.15, 0.2) is 109 Å². The average Bonchev–Trinajstić information content (AvgIpc) is 3.38. The summed E-state index contributed by atoms with van der Waals surface area (Å²) in [4.78, 5) is 9.42. The van der Waals surface area contributed by atoms with Crippen molar-refractivity contribution in [1.82, 2.24) is 9.97 Å². The van der Waals surface area contributed by atoms with E-state index in [1.807, 2.05) is 0 Å². The Labute approximate surface area is 227 Å². The molecule has 6 aromatic carbocycles. The second-order valence-electron chi connectivity index (χ2n) is 10.7. The third kappa shape index (κ3) is 3.28. The molecule has 2 heteroatoms. The first kappa shape index (κ1) is 22.2. The van der Waals surface area contributed by atoms with E-state index in [-0.39, 0.29) is 0 Å². The lowest BCUT2D eigenvalue weighted by Crippen LogP contribution is -1.92. The van der Waals surface area contributed by atoms with Crippen molar-refractivity contribution in [3.05, 3.63) is 132 Å². The molecule has 1 aliphatic rings. The van der Waals surface area contributed by atoms with E-state index in [9.17, 15) is 0 Å². The SMILES string of the molecule is Cc1cccc2c1Cc1c(C)cc(-c3ccccc3-c3ccc4c(c3)c3ccccc3c3nccnc43)cc1-2. The number of nitrogens with zero attached hydrogens (tertiary/aromatic N) is 2. The Hall–Kier alpha value is -4.82. The van der Waals surface area contributed by atoms with Gasteiger partial charge in [-0.1, -0.05) is 84.9 Å². The topological polar surface area (TPSA) is 25.8 Å². The smallest absolute Gasteiger partial charge is 0.0971 e. The highest BCUT2D eigenvalue weighted by Gasteiger charge is 2.23. The van der Waals surface area contributed by atoms with E-state index in [0.29, 0.717) is 0 Å². The largest absolute Gasteiger partial charge is 0.252 e. The quantitative estimate of drug-likeness (QED) is 0.222. The first-order chi connectivity index (χ1) is 19.2. The Bertz CT molecular complexity index is 2080. The maximum atomic E-state index is 4.73. The van der Waals surface area contributed by atoms with Gasteiger partial charge >= 0.3 is 0 Å². The summed E-state index contributed by atoms with van der Waals surface area (Å²) in [7, 11) is 0. The standard InChI is InChI=1S/C37H26N2/c1-22-8-7-13-29-32(22)21-33-23(2)18-25(20-35(29)33)27-10-4-3-9-26(27)24-14-15-31-34(19-24)28-11-5-6-12-30(28)36-37(31)39-17-16-38-36/h3-20H,21H2,1-2H3. The first-order valence-electron chi connectivity index (χ1n) is 13.5. The van der Waals surface area contributed by atoms with Crippen LogP contribution in [0.2, 0.25) is 0 Å². The van der Waals surface area contributed by atoms with Gasteiger partial charge in [0.15, 0.2) is 0 Å².